The van der Waals surface area contributed by atoms with Gasteiger partial charge in [-0.25, -0.2) is 19.9 Å². The third kappa shape index (κ3) is 5.18. The fourth-order valence-electron chi connectivity index (χ4n) is 4.71. The number of nitrogens with one attached hydrogen (secondary N) is 3. The standard InChI is InChI=1S/C29H27F3N8/c1-16-6-8-19(13-23(16)29(30,31)32)39-27-22-9-7-17(2)24(21(22)10-12-35-27)40-26-20(5-4-11-34-26)18(3)25-28(36-14-33)38-15-37-25/h4-15,18H,1-3H3,(H2,33,36)(H,34,40)(H,35,39)(H,37,38). The van der Waals surface area contributed by atoms with Gasteiger partial charge in [0.1, 0.15) is 11.6 Å². The van der Waals surface area contributed by atoms with Gasteiger partial charge in [0, 0.05) is 40.3 Å². The van der Waals surface area contributed by atoms with Crippen molar-refractivity contribution >= 4 is 45.9 Å². The van der Waals surface area contributed by atoms with Crippen molar-refractivity contribution in [3.8, 4) is 0 Å². The van der Waals surface area contributed by atoms with E-state index in [-0.39, 0.29) is 11.5 Å². The predicted molar refractivity (Wildman–Crippen MR) is 152 cm³/mol. The van der Waals surface area contributed by atoms with Crippen LogP contribution in [0.2, 0.25) is 0 Å². The van der Waals surface area contributed by atoms with E-state index in [1.807, 2.05) is 44.2 Å². The van der Waals surface area contributed by atoms with Crippen LogP contribution < -0.4 is 16.4 Å². The molecule has 0 aliphatic rings. The molecule has 0 amide bonds. The van der Waals surface area contributed by atoms with E-state index in [0.29, 0.717) is 23.1 Å². The highest BCUT2D eigenvalue weighted by molar-refractivity contribution is 6.03. The normalized spacial score (nSPS) is 12.7. The zero-order chi connectivity index (χ0) is 28.4. The zero-order valence-corrected chi connectivity index (χ0v) is 22.0. The zero-order valence-electron chi connectivity index (χ0n) is 22.0. The molecule has 5 rings (SSSR count). The molecule has 8 nitrogen and oxygen atoms in total. The van der Waals surface area contributed by atoms with Crippen LogP contribution in [-0.4, -0.2) is 26.3 Å². The number of pyridine rings is 2. The maximum Gasteiger partial charge on any atom is 0.416 e. The Morgan fingerprint density at radius 3 is 2.48 bits per heavy atom. The Balaban J connectivity index is 1.53. The number of halogens is 3. The summed E-state index contributed by atoms with van der Waals surface area (Å²) in [7, 11) is 0. The highest BCUT2D eigenvalue weighted by Crippen LogP contribution is 2.38. The van der Waals surface area contributed by atoms with E-state index in [0.717, 1.165) is 39.3 Å². The molecule has 0 aliphatic carbocycles. The van der Waals surface area contributed by atoms with Gasteiger partial charge in [0.15, 0.2) is 5.82 Å². The van der Waals surface area contributed by atoms with Crippen LogP contribution in [-0.2, 0) is 6.18 Å². The molecule has 5 N–H and O–H groups in total. The molecular formula is C29H27F3N8. The average molecular weight is 545 g/mol. The van der Waals surface area contributed by atoms with Crippen molar-refractivity contribution in [2.75, 3.05) is 10.6 Å². The molecule has 1 unspecified atom stereocenters. The number of nitrogens with zero attached hydrogens (tertiary/aromatic N) is 4. The molecule has 3 heterocycles. The van der Waals surface area contributed by atoms with Crippen molar-refractivity contribution in [3.63, 3.8) is 0 Å². The number of aromatic nitrogens is 4. The number of aryl methyl sites for hydroxylation is 2. The molecule has 0 radical (unpaired) electrons. The molecular weight excluding hydrogens is 517 g/mol. The quantitative estimate of drug-likeness (QED) is 0.127. The average Bonchev–Trinajstić information content (AvgIpc) is 3.39. The molecule has 5 aromatic rings. The molecule has 40 heavy (non-hydrogen) atoms. The van der Waals surface area contributed by atoms with Crippen molar-refractivity contribution in [2.45, 2.75) is 32.9 Å². The fraction of sp³-hybridized carbons (Fsp3) is 0.172. The summed E-state index contributed by atoms with van der Waals surface area (Å²) < 4.78 is 40.5. The van der Waals surface area contributed by atoms with Crippen LogP contribution in [0.4, 0.5) is 42.0 Å². The molecule has 2 aromatic carbocycles. The molecule has 0 saturated carbocycles. The van der Waals surface area contributed by atoms with E-state index >= 15 is 0 Å². The number of hydrogen-bond acceptors (Lipinski definition) is 6. The molecule has 0 spiro atoms. The summed E-state index contributed by atoms with van der Waals surface area (Å²) in [4.78, 5) is 20.6. The number of fused-ring (bicyclic) bond motifs is 1. The molecule has 0 bridgehead atoms. The minimum Gasteiger partial charge on any atom is -0.390 e. The Hall–Kier alpha value is -4.93. The SMILES string of the molecule is Cc1ccc(Nc2nccc3c(Nc4ncccc4C(C)c4[nH]cnc4N=CN)c(C)ccc23)cc1C(F)(F)F. The second-order valence-electron chi connectivity index (χ2n) is 9.37. The van der Waals surface area contributed by atoms with Gasteiger partial charge in [-0.2, -0.15) is 13.2 Å². The molecule has 3 aromatic heterocycles. The molecule has 0 aliphatic heterocycles. The first kappa shape index (κ1) is 26.7. The Morgan fingerprint density at radius 2 is 1.70 bits per heavy atom. The van der Waals surface area contributed by atoms with Gasteiger partial charge in [-0.1, -0.05) is 31.2 Å². The number of rotatable bonds is 7. The summed E-state index contributed by atoms with van der Waals surface area (Å²) in [5.74, 6) is 1.44. The van der Waals surface area contributed by atoms with Gasteiger partial charge in [0.2, 0.25) is 0 Å². The van der Waals surface area contributed by atoms with Crippen LogP contribution >= 0.6 is 0 Å². The largest absolute Gasteiger partial charge is 0.416 e. The number of H-pyrrole nitrogens is 1. The number of alkyl halides is 3. The number of nitrogens with two attached hydrogens (primary N) is 1. The van der Waals surface area contributed by atoms with Gasteiger partial charge < -0.3 is 21.4 Å². The van der Waals surface area contributed by atoms with Crippen molar-refractivity contribution in [1.29, 1.82) is 0 Å². The lowest BCUT2D eigenvalue weighted by Gasteiger charge is -2.19. The van der Waals surface area contributed by atoms with Crippen molar-refractivity contribution < 1.29 is 13.2 Å². The highest BCUT2D eigenvalue weighted by atomic mass is 19.4. The Kier molecular flexibility index (Phi) is 7.12. The molecule has 204 valence electrons. The third-order valence-corrected chi connectivity index (χ3v) is 6.79. The summed E-state index contributed by atoms with van der Waals surface area (Å²) in [5.41, 5.74) is 8.71. The lowest BCUT2D eigenvalue weighted by molar-refractivity contribution is -0.138. The van der Waals surface area contributed by atoms with Gasteiger partial charge in [0.25, 0.3) is 0 Å². The first-order chi connectivity index (χ1) is 19.2. The van der Waals surface area contributed by atoms with Gasteiger partial charge in [-0.3, -0.25) is 0 Å². The van der Waals surface area contributed by atoms with Crippen molar-refractivity contribution in [2.24, 2.45) is 10.7 Å². The van der Waals surface area contributed by atoms with E-state index in [1.165, 1.54) is 19.3 Å². The van der Waals surface area contributed by atoms with Gasteiger partial charge >= 0.3 is 6.18 Å². The van der Waals surface area contributed by atoms with E-state index in [1.54, 1.807) is 24.8 Å². The van der Waals surface area contributed by atoms with E-state index < -0.39 is 11.7 Å². The number of benzene rings is 2. The Morgan fingerprint density at radius 1 is 0.925 bits per heavy atom. The predicted octanol–water partition coefficient (Wildman–Crippen LogP) is 7.25. The molecule has 0 saturated heterocycles. The first-order valence-corrected chi connectivity index (χ1v) is 12.5. The second-order valence-corrected chi connectivity index (χ2v) is 9.37. The monoisotopic (exact) mass is 544 g/mol. The topological polar surface area (TPSA) is 117 Å². The maximum absolute atomic E-state index is 13.5. The first-order valence-electron chi connectivity index (χ1n) is 12.5. The van der Waals surface area contributed by atoms with Crippen LogP contribution in [0.15, 0.2) is 72.2 Å². The minimum absolute atomic E-state index is 0.143. The Bertz CT molecular complexity index is 1710. The van der Waals surface area contributed by atoms with Crippen molar-refractivity contribution in [3.05, 3.63) is 95.2 Å². The van der Waals surface area contributed by atoms with Crippen LogP contribution in [0.5, 0.6) is 0 Å². The summed E-state index contributed by atoms with van der Waals surface area (Å²) in [6.07, 6.45) is 1.65. The van der Waals surface area contributed by atoms with Crippen LogP contribution in [0.25, 0.3) is 10.8 Å². The van der Waals surface area contributed by atoms with E-state index in [2.05, 4.69) is 35.6 Å². The van der Waals surface area contributed by atoms with Gasteiger partial charge in [-0.05, 0) is 49.2 Å². The summed E-state index contributed by atoms with van der Waals surface area (Å²) in [6, 6.07) is 13.7. The lowest BCUT2D eigenvalue weighted by atomic mass is 9.97. The summed E-state index contributed by atoms with van der Waals surface area (Å²) >= 11 is 0. The van der Waals surface area contributed by atoms with E-state index in [4.69, 9.17) is 5.73 Å². The van der Waals surface area contributed by atoms with Gasteiger partial charge in [-0.15, -0.1) is 0 Å². The van der Waals surface area contributed by atoms with E-state index in [9.17, 15) is 13.2 Å². The Labute approximate surface area is 228 Å². The smallest absolute Gasteiger partial charge is 0.390 e. The van der Waals surface area contributed by atoms with Crippen molar-refractivity contribution in [1.82, 2.24) is 19.9 Å². The third-order valence-electron chi connectivity index (χ3n) is 6.79. The number of anilines is 4. The highest BCUT2D eigenvalue weighted by Gasteiger charge is 2.32. The fourth-order valence-corrected chi connectivity index (χ4v) is 4.71. The number of hydrogen-bond donors (Lipinski definition) is 4. The molecule has 0 fully saturated rings. The summed E-state index contributed by atoms with van der Waals surface area (Å²) in [5, 5.41) is 8.14. The minimum atomic E-state index is -4.45. The van der Waals surface area contributed by atoms with Crippen LogP contribution in [0.3, 0.4) is 0 Å². The molecule has 11 heteroatoms. The molecule has 1 atom stereocenters. The van der Waals surface area contributed by atoms with Crippen LogP contribution in [0.1, 0.15) is 40.8 Å². The summed E-state index contributed by atoms with van der Waals surface area (Å²) in [6.45, 7) is 5.43. The number of aromatic amines is 1. The number of imidazole rings is 1. The van der Waals surface area contributed by atoms with Crippen LogP contribution in [0, 0.1) is 13.8 Å². The number of aliphatic imine (C=N–C) groups is 1. The lowest BCUT2D eigenvalue weighted by Crippen LogP contribution is -2.08. The maximum atomic E-state index is 13.5. The van der Waals surface area contributed by atoms with Gasteiger partial charge in [0.05, 0.1) is 29.6 Å². The second kappa shape index (κ2) is 10.7.